The molecule has 20 heavy (non-hydrogen) atoms. The number of carbonyl (C=O) groups excluding carboxylic acids is 1. The molecule has 1 aromatic rings. The van der Waals surface area contributed by atoms with Gasteiger partial charge in [-0.25, -0.2) is 0 Å². The molecule has 0 atom stereocenters. The number of ketones is 1. The van der Waals surface area contributed by atoms with Crippen molar-refractivity contribution in [1.29, 1.82) is 0 Å². The SMILES string of the molecule is CC(=O)Cc1ccc(SC(F)(F)F)cc1OC(F)(F)F. The van der Waals surface area contributed by atoms with Gasteiger partial charge in [-0.15, -0.1) is 13.2 Å². The lowest BCUT2D eigenvalue weighted by Gasteiger charge is -2.14. The predicted molar refractivity (Wildman–Crippen MR) is 59.4 cm³/mol. The fourth-order valence-corrected chi connectivity index (χ4v) is 1.94. The van der Waals surface area contributed by atoms with Crippen LogP contribution in [-0.4, -0.2) is 17.7 Å². The first-order chi connectivity index (χ1) is 8.96. The third-order valence-corrected chi connectivity index (χ3v) is 2.66. The van der Waals surface area contributed by atoms with E-state index in [9.17, 15) is 31.1 Å². The fourth-order valence-electron chi connectivity index (χ4n) is 1.37. The molecule has 0 N–H and O–H groups in total. The molecule has 0 unspecified atom stereocenters. The van der Waals surface area contributed by atoms with Crippen LogP contribution in [0.4, 0.5) is 26.3 Å². The van der Waals surface area contributed by atoms with Gasteiger partial charge in [0, 0.05) is 16.9 Å². The minimum absolute atomic E-state index is 0.124. The Morgan fingerprint density at radius 1 is 1.20 bits per heavy atom. The van der Waals surface area contributed by atoms with Crippen molar-refractivity contribution in [1.82, 2.24) is 0 Å². The molecule has 2 nitrogen and oxygen atoms in total. The lowest BCUT2D eigenvalue weighted by molar-refractivity contribution is -0.275. The standard InChI is InChI=1S/C11H8F6O2S/c1-6(18)4-7-2-3-8(20-11(15,16)17)5-9(7)19-10(12,13)14/h2-3,5H,4H2,1H3. The quantitative estimate of drug-likeness (QED) is 0.610. The maximum atomic E-state index is 12.2. The molecular formula is C11H8F6O2S. The fraction of sp³-hybridized carbons (Fsp3) is 0.364. The van der Waals surface area contributed by atoms with Crippen LogP contribution >= 0.6 is 11.8 Å². The normalized spacial score (nSPS) is 12.3. The summed E-state index contributed by atoms with van der Waals surface area (Å²) in [5, 5.41) is 0. The number of alkyl halides is 6. The van der Waals surface area contributed by atoms with Gasteiger partial charge < -0.3 is 4.74 Å². The molecule has 1 aromatic carbocycles. The van der Waals surface area contributed by atoms with Crippen LogP contribution in [0, 0.1) is 0 Å². The van der Waals surface area contributed by atoms with Crippen LogP contribution in [0.1, 0.15) is 12.5 Å². The van der Waals surface area contributed by atoms with E-state index in [0.29, 0.717) is 6.07 Å². The van der Waals surface area contributed by atoms with Crippen molar-refractivity contribution in [2.24, 2.45) is 0 Å². The zero-order chi connectivity index (χ0) is 15.6. The molecule has 0 aromatic heterocycles. The highest BCUT2D eigenvalue weighted by molar-refractivity contribution is 8.00. The van der Waals surface area contributed by atoms with Gasteiger partial charge in [-0.3, -0.25) is 4.79 Å². The van der Waals surface area contributed by atoms with Crippen LogP contribution in [0.15, 0.2) is 23.1 Å². The summed E-state index contributed by atoms with van der Waals surface area (Å²) in [6, 6.07) is 2.61. The zero-order valence-corrected chi connectivity index (χ0v) is 10.7. The van der Waals surface area contributed by atoms with E-state index in [2.05, 4.69) is 4.74 Å². The molecule has 1 rings (SSSR count). The van der Waals surface area contributed by atoms with Crippen molar-refractivity contribution >= 4 is 17.5 Å². The van der Waals surface area contributed by atoms with E-state index in [1.807, 2.05) is 0 Å². The molecule has 0 amide bonds. The van der Waals surface area contributed by atoms with Crippen molar-refractivity contribution in [3.63, 3.8) is 0 Å². The summed E-state index contributed by atoms with van der Waals surface area (Å²) in [4.78, 5) is 10.5. The van der Waals surface area contributed by atoms with Gasteiger partial charge in [0.05, 0.1) is 0 Å². The highest BCUT2D eigenvalue weighted by Gasteiger charge is 2.33. The number of halogens is 6. The van der Waals surface area contributed by atoms with E-state index in [-0.39, 0.29) is 12.0 Å². The van der Waals surface area contributed by atoms with Gasteiger partial charge in [-0.05, 0) is 30.8 Å². The van der Waals surface area contributed by atoms with Crippen LogP contribution in [0.5, 0.6) is 5.75 Å². The minimum atomic E-state index is -5.05. The Kier molecular flexibility index (Phi) is 4.95. The average molecular weight is 318 g/mol. The van der Waals surface area contributed by atoms with Gasteiger partial charge in [0.25, 0.3) is 0 Å². The highest BCUT2D eigenvalue weighted by Crippen LogP contribution is 2.39. The van der Waals surface area contributed by atoms with Gasteiger partial charge in [0.1, 0.15) is 11.5 Å². The first kappa shape index (κ1) is 16.7. The number of rotatable bonds is 4. The van der Waals surface area contributed by atoms with Gasteiger partial charge in [-0.1, -0.05) is 6.07 Å². The van der Waals surface area contributed by atoms with E-state index in [1.54, 1.807) is 0 Å². The number of ether oxygens (including phenoxy) is 1. The molecule has 0 spiro atoms. The Hall–Kier alpha value is -1.38. The van der Waals surface area contributed by atoms with Crippen molar-refractivity contribution in [3.8, 4) is 5.75 Å². The summed E-state index contributed by atoms with van der Waals surface area (Å²) in [7, 11) is 0. The maximum Gasteiger partial charge on any atom is 0.573 e. The van der Waals surface area contributed by atoms with Gasteiger partial charge >= 0.3 is 11.9 Å². The summed E-state index contributed by atoms with van der Waals surface area (Å²) in [6.45, 7) is 1.15. The van der Waals surface area contributed by atoms with Crippen molar-refractivity contribution in [2.45, 2.75) is 30.1 Å². The predicted octanol–water partition coefficient (Wildman–Crippen LogP) is 4.33. The molecule has 0 saturated carbocycles. The highest BCUT2D eigenvalue weighted by atomic mass is 32.2. The zero-order valence-electron chi connectivity index (χ0n) is 9.93. The van der Waals surface area contributed by atoms with Crippen molar-refractivity contribution in [2.75, 3.05) is 0 Å². The summed E-state index contributed by atoms with van der Waals surface area (Å²) < 4.78 is 76.7. The lowest BCUT2D eigenvalue weighted by Crippen LogP contribution is -2.18. The third kappa shape index (κ3) is 6.18. The van der Waals surface area contributed by atoms with Gasteiger partial charge in [0.2, 0.25) is 0 Å². The average Bonchev–Trinajstić information content (AvgIpc) is 2.16. The van der Waals surface area contributed by atoms with Crippen LogP contribution in [-0.2, 0) is 11.2 Å². The number of hydrogen-bond acceptors (Lipinski definition) is 3. The molecule has 0 heterocycles. The first-order valence-corrected chi connectivity index (χ1v) is 5.92. The second-order valence-electron chi connectivity index (χ2n) is 3.74. The second-order valence-corrected chi connectivity index (χ2v) is 4.88. The van der Waals surface area contributed by atoms with E-state index < -0.39 is 40.1 Å². The van der Waals surface area contributed by atoms with E-state index in [1.165, 1.54) is 0 Å². The Balaban J connectivity index is 3.11. The van der Waals surface area contributed by atoms with Crippen LogP contribution in [0.3, 0.4) is 0 Å². The number of benzene rings is 1. The Bertz CT molecular complexity index is 495. The lowest BCUT2D eigenvalue weighted by atomic mass is 10.1. The second kappa shape index (κ2) is 5.94. The van der Waals surface area contributed by atoms with Crippen LogP contribution in [0.25, 0.3) is 0 Å². The largest absolute Gasteiger partial charge is 0.573 e. The van der Waals surface area contributed by atoms with E-state index in [0.717, 1.165) is 19.1 Å². The number of carbonyl (C=O) groups is 1. The monoisotopic (exact) mass is 318 g/mol. The molecule has 0 aliphatic rings. The van der Waals surface area contributed by atoms with Crippen LogP contribution < -0.4 is 4.74 Å². The van der Waals surface area contributed by atoms with E-state index >= 15 is 0 Å². The summed E-state index contributed by atoms with van der Waals surface area (Å²) in [5.41, 5.74) is -4.75. The summed E-state index contributed by atoms with van der Waals surface area (Å²) >= 11 is -0.564. The summed E-state index contributed by atoms with van der Waals surface area (Å²) in [6.07, 6.45) is -5.41. The number of thioether (sulfide) groups is 1. The van der Waals surface area contributed by atoms with E-state index in [4.69, 9.17) is 0 Å². The Labute approximate surface area is 114 Å². The Morgan fingerprint density at radius 3 is 2.25 bits per heavy atom. The number of Topliss-reactive ketones (excluding diaryl/α,β-unsaturated/α-hetero) is 1. The molecule has 9 heteroatoms. The molecule has 112 valence electrons. The molecule has 0 aliphatic heterocycles. The third-order valence-electron chi connectivity index (χ3n) is 1.94. The van der Waals surface area contributed by atoms with Gasteiger partial charge in [-0.2, -0.15) is 13.2 Å². The van der Waals surface area contributed by atoms with Crippen molar-refractivity contribution in [3.05, 3.63) is 23.8 Å². The smallest absolute Gasteiger partial charge is 0.405 e. The van der Waals surface area contributed by atoms with Gasteiger partial charge in [0.15, 0.2) is 0 Å². The first-order valence-electron chi connectivity index (χ1n) is 5.10. The maximum absolute atomic E-state index is 12.2. The van der Waals surface area contributed by atoms with Crippen LogP contribution in [0.2, 0.25) is 0 Å². The molecule has 0 radical (unpaired) electrons. The summed E-state index contributed by atoms with van der Waals surface area (Å²) in [5.74, 6) is -1.24. The molecule has 0 aliphatic carbocycles. The molecule has 0 fully saturated rings. The van der Waals surface area contributed by atoms with Crippen molar-refractivity contribution < 1.29 is 35.9 Å². The minimum Gasteiger partial charge on any atom is -0.405 e. The topological polar surface area (TPSA) is 26.3 Å². The number of hydrogen-bond donors (Lipinski definition) is 0. The molecular weight excluding hydrogens is 310 g/mol. The molecule has 0 bridgehead atoms. The molecule has 0 saturated heterocycles. The Morgan fingerprint density at radius 2 is 1.80 bits per heavy atom.